The van der Waals surface area contributed by atoms with Crippen molar-refractivity contribution in [1.82, 2.24) is 4.98 Å². The van der Waals surface area contributed by atoms with E-state index in [0.29, 0.717) is 0 Å². The minimum atomic E-state index is -0.326. The quantitative estimate of drug-likeness (QED) is 0.549. The van der Waals surface area contributed by atoms with Gasteiger partial charge in [0.25, 0.3) is 0 Å². The fourth-order valence-electron chi connectivity index (χ4n) is 0.366. The molecule has 1 nitrogen and oxygen atoms in total. The molecular formula is C5H3BrFN. The van der Waals surface area contributed by atoms with Crippen LogP contribution in [0.15, 0.2) is 22.9 Å². The largest absolute Gasteiger partial charge is 0.246 e. The van der Waals surface area contributed by atoms with Crippen molar-refractivity contribution in [2.24, 2.45) is 0 Å². The Bertz CT molecular complexity index is 169. The van der Waals surface area contributed by atoms with E-state index in [-0.39, 0.29) is 10.4 Å². The number of hydrogen-bond acceptors (Lipinski definition) is 1. The Morgan fingerprint density at radius 3 is 2.75 bits per heavy atom. The first-order chi connectivity index (χ1) is 3.80. The molecule has 0 amide bonds. The molecule has 0 atom stereocenters. The summed E-state index contributed by atoms with van der Waals surface area (Å²) < 4.78 is 12.5. The summed E-state index contributed by atoms with van der Waals surface area (Å²) in [4.78, 5) is 3.62. The normalized spacial score (nSPS) is 9.25. The molecule has 0 aliphatic rings. The Hall–Kier alpha value is -0.440. The molecule has 42 valence electrons. The molecule has 0 N–H and O–H groups in total. The SMILES string of the molecule is [18F]c1cccnc1Br. The Labute approximate surface area is 54.7 Å². The van der Waals surface area contributed by atoms with E-state index in [9.17, 15) is 4.39 Å². The van der Waals surface area contributed by atoms with E-state index in [1.165, 1.54) is 12.3 Å². The lowest BCUT2D eigenvalue weighted by Gasteiger charge is -1.86. The van der Waals surface area contributed by atoms with E-state index in [4.69, 9.17) is 0 Å². The van der Waals surface area contributed by atoms with Gasteiger partial charge >= 0.3 is 0 Å². The van der Waals surface area contributed by atoms with Crippen LogP contribution < -0.4 is 0 Å². The Morgan fingerprint density at radius 1 is 1.62 bits per heavy atom. The number of aromatic nitrogens is 1. The van der Waals surface area contributed by atoms with Gasteiger partial charge in [0.2, 0.25) is 0 Å². The summed E-state index contributed by atoms with van der Waals surface area (Å²) in [6.07, 6.45) is 1.52. The van der Waals surface area contributed by atoms with Crippen LogP contribution in [0, 0.1) is 5.82 Å². The van der Waals surface area contributed by atoms with Gasteiger partial charge in [-0.15, -0.1) is 0 Å². The second-order valence-corrected chi connectivity index (χ2v) is 2.03. The molecular weight excluding hydrogens is 172 g/mol. The monoisotopic (exact) mass is 174 g/mol. The van der Waals surface area contributed by atoms with Gasteiger partial charge in [-0.2, -0.15) is 0 Å². The lowest BCUT2D eigenvalue weighted by Crippen LogP contribution is -1.77. The number of rotatable bonds is 0. The zero-order valence-corrected chi connectivity index (χ0v) is 5.52. The van der Waals surface area contributed by atoms with Crippen LogP contribution in [0.2, 0.25) is 0 Å². The maximum atomic E-state index is 12.2. The standard InChI is InChI=1S/C5H3BrFN/c6-5-4(7)2-1-3-8-5/h1-3H/i7-1. The van der Waals surface area contributed by atoms with Crippen molar-refractivity contribution in [3.05, 3.63) is 28.7 Å². The third-order valence-corrected chi connectivity index (χ3v) is 1.30. The van der Waals surface area contributed by atoms with Crippen LogP contribution in [-0.2, 0) is 0 Å². The highest BCUT2D eigenvalue weighted by atomic mass is 79.9. The van der Waals surface area contributed by atoms with Gasteiger partial charge in [0.1, 0.15) is 4.60 Å². The van der Waals surface area contributed by atoms with Gasteiger partial charge < -0.3 is 0 Å². The minimum Gasteiger partial charge on any atom is -0.246 e. The topological polar surface area (TPSA) is 12.9 Å². The van der Waals surface area contributed by atoms with Gasteiger partial charge in [-0.1, -0.05) is 0 Å². The highest BCUT2D eigenvalue weighted by Gasteiger charge is 1.92. The smallest absolute Gasteiger partial charge is 0.155 e. The van der Waals surface area contributed by atoms with Gasteiger partial charge in [-0.25, -0.2) is 9.37 Å². The average molecular weight is 175 g/mol. The molecule has 0 aromatic carbocycles. The fraction of sp³-hybridized carbons (Fsp3) is 0. The molecule has 8 heavy (non-hydrogen) atoms. The lowest BCUT2D eigenvalue weighted by molar-refractivity contribution is 0.613. The maximum absolute atomic E-state index is 12.2. The zero-order valence-electron chi connectivity index (χ0n) is 3.94. The van der Waals surface area contributed by atoms with Gasteiger partial charge in [-0.3, -0.25) is 0 Å². The number of pyridine rings is 1. The molecule has 1 aromatic heterocycles. The second-order valence-electron chi connectivity index (χ2n) is 1.28. The predicted molar refractivity (Wildman–Crippen MR) is 31.9 cm³/mol. The van der Waals surface area contributed by atoms with Crippen LogP contribution in [0.4, 0.5) is 4.39 Å². The highest BCUT2D eigenvalue weighted by Crippen LogP contribution is 2.08. The Kier molecular flexibility index (Phi) is 1.58. The molecule has 0 radical (unpaired) electrons. The van der Waals surface area contributed by atoms with E-state index in [2.05, 4.69) is 20.9 Å². The maximum Gasteiger partial charge on any atom is 0.155 e. The fourth-order valence-corrected chi connectivity index (χ4v) is 0.617. The first-order valence-corrected chi connectivity index (χ1v) is 2.86. The Morgan fingerprint density at radius 2 is 2.38 bits per heavy atom. The van der Waals surface area contributed by atoms with Crippen LogP contribution in [-0.4, -0.2) is 4.98 Å². The third kappa shape index (κ3) is 1.04. The molecule has 0 bridgehead atoms. The van der Waals surface area contributed by atoms with E-state index in [1.54, 1.807) is 6.07 Å². The summed E-state index contributed by atoms with van der Waals surface area (Å²) in [5, 5.41) is 0. The molecule has 0 aliphatic carbocycles. The second kappa shape index (κ2) is 2.22. The van der Waals surface area contributed by atoms with Crippen molar-refractivity contribution in [1.29, 1.82) is 0 Å². The molecule has 0 unspecified atom stereocenters. The first kappa shape index (κ1) is 5.69. The first-order valence-electron chi connectivity index (χ1n) is 2.07. The highest BCUT2D eigenvalue weighted by molar-refractivity contribution is 9.10. The van der Waals surface area contributed by atoms with Crippen LogP contribution in [0.25, 0.3) is 0 Å². The summed E-state index contributed by atoms with van der Waals surface area (Å²) in [6, 6.07) is 2.89. The number of nitrogens with zero attached hydrogens (tertiary/aromatic N) is 1. The summed E-state index contributed by atoms with van der Waals surface area (Å²) in [6.45, 7) is 0. The summed E-state index contributed by atoms with van der Waals surface area (Å²) in [5.74, 6) is -0.326. The van der Waals surface area contributed by atoms with Crippen molar-refractivity contribution in [2.75, 3.05) is 0 Å². The molecule has 0 spiro atoms. The number of halogens is 2. The van der Waals surface area contributed by atoms with Crippen molar-refractivity contribution in [3.8, 4) is 0 Å². The van der Waals surface area contributed by atoms with Gasteiger partial charge in [0, 0.05) is 6.20 Å². The number of hydrogen-bond donors (Lipinski definition) is 0. The van der Waals surface area contributed by atoms with Gasteiger partial charge in [0.15, 0.2) is 5.82 Å². The Balaban J connectivity index is 3.13. The zero-order chi connectivity index (χ0) is 5.98. The van der Waals surface area contributed by atoms with Crippen molar-refractivity contribution >= 4 is 15.9 Å². The van der Waals surface area contributed by atoms with Gasteiger partial charge in [-0.05, 0) is 28.1 Å². The molecule has 1 aromatic rings. The molecule has 1 rings (SSSR count). The molecule has 3 heteroatoms. The predicted octanol–water partition coefficient (Wildman–Crippen LogP) is 1.98. The summed E-state index contributed by atoms with van der Waals surface area (Å²) in [5.41, 5.74) is 0. The van der Waals surface area contributed by atoms with Crippen molar-refractivity contribution < 1.29 is 4.39 Å². The van der Waals surface area contributed by atoms with E-state index < -0.39 is 0 Å². The van der Waals surface area contributed by atoms with Crippen LogP contribution >= 0.6 is 15.9 Å². The van der Waals surface area contributed by atoms with E-state index in [0.717, 1.165) is 0 Å². The lowest BCUT2D eigenvalue weighted by atomic mass is 10.5. The molecule has 1 heterocycles. The van der Waals surface area contributed by atoms with E-state index in [1.807, 2.05) is 0 Å². The molecule has 0 aliphatic heterocycles. The van der Waals surface area contributed by atoms with Crippen LogP contribution in [0.5, 0.6) is 0 Å². The van der Waals surface area contributed by atoms with Crippen molar-refractivity contribution in [3.63, 3.8) is 0 Å². The van der Waals surface area contributed by atoms with Crippen molar-refractivity contribution in [2.45, 2.75) is 0 Å². The minimum absolute atomic E-state index is 0.264. The van der Waals surface area contributed by atoms with Crippen LogP contribution in [0.3, 0.4) is 0 Å². The third-order valence-electron chi connectivity index (χ3n) is 0.714. The molecule has 0 fully saturated rings. The van der Waals surface area contributed by atoms with E-state index >= 15 is 0 Å². The molecule has 0 saturated heterocycles. The molecule has 0 saturated carbocycles. The average Bonchev–Trinajstić information content (AvgIpc) is 1.77. The van der Waals surface area contributed by atoms with Crippen LogP contribution in [0.1, 0.15) is 0 Å². The van der Waals surface area contributed by atoms with Gasteiger partial charge in [0.05, 0.1) is 0 Å². The summed E-state index contributed by atoms with van der Waals surface area (Å²) >= 11 is 2.91. The summed E-state index contributed by atoms with van der Waals surface area (Å²) in [7, 11) is 0.